The molecule has 0 unspecified atom stereocenters. The van der Waals surface area contributed by atoms with Crippen molar-refractivity contribution in [3.05, 3.63) is 30.2 Å². The van der Waals surface area contributed by atoms with Gasteiger partial charge in [0.25, 0.3) is 0 Å². The number of nitrogens with one attached hydrogen (secondary N) is 1. The van der Waals surface area contributed by atoms with Gasteiger partial charge in [0.2, 0.25) is 5.88 Å². The molecule has 6 heteroatoms. The molecule has 0 aliphatic rings. The Hall–Kier alpha value is -2.24. The van der Waals surface area contributed by atoms with Crippen molar-refractivity contribution in [3.8, 4) is 5.88 Å². The number of rotatable bonds is 4. The molecule has 84 valence electrons. The highest BCUT2D eigenvalue weighted by atomic mass is 16.5. The molecule has 0 spiro atoms. The van der Waals surface area contributed by atoms with Crippen molar-refractivity contribution in [2.45, 2.75) is 6.54 Å². The molecule has 0 fully saturated rings. The minimum Gasteiger partial charge on any atom is -0.481 e. The van der Waals surface area contributed by atoms with Crippen LogP contribution in [0.1, 0.15) is 5.76 Å². The highest BCUT2D eigenvalue weighted by molar-refractivity contribution is 5.61. The molecule has 0 saturated heterocycles. The van der Waals surface area contributed by atoms with E-state index < -0.39 is 0 Å². The van der Waals surface area contributed by atoms with Crippen LogP contribution in [0.3, 0.4) is 0 Å². The average Bonchev–Trinajstić information content (AvgIpc) is 2.81. The van der Waals surface area contributed by atoms with E-state index in [4.69, 9.17) is 15.0 Å². The number of pyridine rings is 1. The molecule has 2 aromatic rings. The van der Waals surface area contributed by atoms with Crippen molar-refractivity contribution >= 4 is 11.5 Å². The minimum absolute atomic E-state index is 0.477. The number of methoxy groups -OCH3 is 1. The van der Waals surface area contributed by atoms with Crippen molar-refractivity contribution in [1.82, 2.24) is 10.1 Å². The Morgan fingerprint density at radius 3 is 3.00 bits per heavy atom. The SMILES string of the molecule is COc1ccc(N)c(NCc2ccno2)n1. The largest absolute Gasteiger partial charge is 0.481 e. The fourth-order valence-corrected chi connectivity index (χ4v) is 1.21. The Balaban J connectivity index is 2.08. The lowest BCUT2D eigenvalue weighted by atomic mass is 10.3. The van der Waals surface area contributed by atoms with Crippen LogP contribution in [-0.2, 0) is 6.54 Å². The maximum atomic E-state index is 5.76. The van der Waals surface area contributed by atoms with Gasteiger partial charge >= 0.3 is 0 Å². The van der Waals surface area contributed by atoms with Gasteiger partial charge in [0.05, 0.1) is 25.5 Å². The van der Waals surface area contributed by atoms with Crippen molar-refractivity contribution in [2.24, 2.45) is 0 Å². The Bertz CT molecular complexity index is 456. The zero-order valence-electron chi connectivity index (χ0n) is 8.80. The number of nitrogens with zero attached hydrogens (tertiary/aromatic N) is 2. The average molecular weight is 220 g/mol. The van der Waals surface area contributed by atoms with E-state index in [-0.39, 0.29) is 0 Å². The minimum atomic E-state index is 0.477. The van der Waals surface area contributed by atoms with Gasteiger partial charge in [-0.2, -0.15) is 4.98 Å². The predicted octanol–water partition coefficient (Wildman–Crippen LogP) is 1.27. The standard InChI is InChI=1S/C10H12N4O2/c1-15-9-3-2-8(11)10(14-9)12-6-7-4-5-13-16-7/h2-5H,6,11H2,1H3,(H,12,14). The molecular weight excluding hydrogens is 208 g/mol. The number of hydrogen-bond acceptors (Lipinski definition) is 6. The summed E-state index contributed by atoms with van der Waals surface area (Å²) in [7, 11) is 1.55. The maximum absolute atomic E-state index is 5.76. The van der Waals surface area contributed by atoms with Gasteiger partial charge in [-0.15, -0.1) is 0 Å². The summed E-state index contributed by atoms with van der Waals surface area (Å²) in [5.74, 6) is 1.79. The van der Waals surface area contributed by atoms with Gasteiger partial charge in [0, 0.05) is 12.1 Å². The first-order chi connectivity index (χ1) is 7.79. The van der Waals surface area contributed by atoms with Crippen LogP contribution in [0.5, 0.6) is 5.88 Å². The van der Waals surface area contributed by atoms with E-state index in [0.717, 1.165) is 0 Å². The number of nitrogens with two attached hydrogens (primary N) is 1. The van der Waals surface area contributed by atoms with E-state index >= 15 is 0 Å². The zero-order chi connectivity index (χ0) is 11.4. The second kappa shape index (κ2) is 4.52. The fraction of sp³-hybridized carbons (Fsp3) is 0.200. The number of nitrogen functional groups attached to an aromatic ring is 1. The topological polar surface area (TPSA) is 86.2 Å². The van der Waals surface area contributed by atoms with Crippen molar-refractivity contribution < 1.29 is 9.26 Å². The first-order valence-corrected chi connectivity index (χ1v) is 4.73. The van der Waals surface area contributed by atoms with Crippen LogP contribution in [-0.4, -0.2) is 17.3 Å². The smallest absolute Gasteiger partial charge is 0.215 e. The third-order valence-electron chi connectivity index (χ3n) is 2.03. The lowest BCUT2D eigenvalue weighted by Crippen LogP contribution is -2.04. The quantitative estimate of drug-likeness (QED) is 0.807. The third-order valence-corrected chi connectivity index (χ3v) is 2.03. The highest BCUT2D eigenvalue weighted by Gasteiger charge is 2.04. The number of anilines is 2. The van der Waals surface area contributed by atoms with Crippen LogP contribution in [0.4, 0.5) is 11.5 Å². The summed E-state index contributed by atoms with van der Waals surface area (Å²) < 4.78 is 9.94. The lowest BCUT2D eigenvalue weighted by molar-refractivity contribution is 0.387. The monoisotopic (exact) mass is 220 g/mol. The summed E-state index contributed by atoms with van der Waals surface area (Å²) in [6.07, 6.45) is 1.58. The molecule has 2 aromatic heterocycles. The van der Waals surface area contributed by atoms with Crippen molar-refractivity contribution in [1.29, 1.82) is 0 Å². The third kappa shape index (κ3) is 2.22. The van der Waals surface area contributed by atoms with E-state index in [1.165, 1.54) is 0 Å². The summed E-state index contributed by atoms with van der Waals surface area (Å²) >= 11 is 0. The fourth-order valence-electron chi connectivity index (χ4n) is 1.21. The molecule has 0 saturated carbocycles. The molecule has 0 radical (unpaired) electrons. The van der Waals surface area contributed by atoms with Crippen LogP contribution in [0.25, 0.3) is 0 Å². The lowest BCUT2D eigenvalue weighted by Gasteiger charge is -2.07. The first-order valence-electron chi connectivity index (χ1n) is 4.73. The van der Waals surface area contributed by atoms with Crippen LogP contribution < -0.4 is 15.8 Å². The first kappa shape index (κ1) is 10.3. The van der Waals surface area contributed by atoms with Gasteiger partial charge in [0.15, 0.2) is 11.6 Å². The summed E-state index contributed by atoms with van der Waals surface area (Å²) in [4.78, 5) is 4.17. The second-order valence-electron chi connectivity index (χ2n) is 3.12. The summed E-state index contributed by atoms with van der Waals surface area (Å²) in [6, 6.07) is 5.20. The van der Waals surface area contributed by atoms with Gasteiger partial charge in [0.1, 0.15) is 0 Å². The Morgan fingerprint density at radius 2 is 2.31 bits per heavy atom. The van der Waals surface area contributed by atoms with Crippen molar-refractivity contribution in [2.75, 3.05) is 18.2 Å². The molecule has 0 aromatic carbocycles. The van der Waals surface area contributed by atoms with Crippen LogP contribution in [0.2, 0.25) is 0 Å². The molecule has 0 atom stereocenters. The summed E-state index contributed by atoms with van der Waals surface area (Å²) in [6.45, 7) is 0.477. The van der Waals surface area contributed by atoms with E-state index in [0.29, 0.717) is 29.7 Å². The predicted molar refractivity (Wildman–Crippen MR) is 59.0 cm³/mol. The van der Waals surface area contributed by atoms with E-state index in [9.17, 15) is 0 Å². The van der Waals surface area contributed by atoms with Crippen LogP contribution in [0.15, 0.2) is 28.9 Å². The number of ether oxygens (including phenoxy) is 1. The molecule has 3 N–H and O–H groups in total. The normalized spacial score (nSPS) is 10.1. The summed E-state index contributed by atoms with van der Waals surface area (Å²) in [5, 5.41) is 6.64. The molecule has 0 aliphatic heterocycles. The molecule has 6 nitrogen and oxygen atoms in total. The van der Waals surface area contributed by atoms with Crippen LogP contribution in [0, 0.1) is 0 Å². The van der Waals surface area contributed by atoms with Gasteiger partial charge in [-0.3, -0.25) is 0 Å². The molecule has 2 heterocycles. The van der Waals surface area contributed by atoms with Gasteiger partial charge < -0.3 is 20.3 Å². The Morgan fingerprint density at radius 1 is 1.44 bits per heavy atom. The Kier molecular flexibility index (Phi) is 2.90. The molecule has 0 amide bonds. The van der Waals surface area contributed by atoms with E-state index in [1.807, 2.05) is 0 Å². The van der Waals surface area contributed by atoms with Gasteiger partial charge in [-0.25, -0.2) is 0 Å². The number of hydrogen-bond donors (Lipinski definition) is 2. The van der Waals surface area contributed by atoms with Gasteiger partial charge in [-0.1, -0.05) is 5.16 Å². The molecular formula is C10H12N4O2. The zero-order valence-corrected chi connectivity index (χ0v) is 8.80. The highest BCUT2D eigenvalue weighted by Crippen LogP contribution is 2.19. The Labute approximate surface area is 92.4 Å². The van der Waals surface area contributed by atoms with E-state index in [2.05, 4.69) is 15.5 Å². The molecule has 0 aliphatic carbocycles. The second-order valence-corrected chi connectivity index (χ2v) is 3.12. The summed E-state index contributed by atoms with van der Waals surface area (Å²) in [5.41, 5.74) is 6.31. The number of aromatic nitrogens is 2. The molecule has 0 bridgehead atoms. The molecule has 2 rings (SSSR count). The molecule has 16 heavy (non-hydrogen) atoms. The van der Waals surface area contributed by atoms with Crippen molar-refractivity contribution in [3.63, 3.8) is 0 Å². The van der Waals surface area contributed by atoms with Crippen LogP contribution >= 0.6 is 0 Å². The van der Waals surface area contributed by atoms with Gasteiger partial charge in [-0.05, 0) is 6.07 Å². The van der Waals surface area contributed by atoms with E-state index in [1.54, 1.807) is 31.5 Å². The maximum Gasteiger partial charge on any atom is 0.215 e.